The Bertz CT molecular complexity index is 451. The standard InChI is InChI=1S/C19H31N3/c1-15-10-16(2)12-19(11-15)22-8-5-18(6-9-22)21-14-17-4-3-7-20-13-17/h10-12,17-18,20-21H,3-9,13-14H2,1-2H3/t17-/m0/s1. The summed E-state index contributed by atoms with van der Waals surface area (Å²) in [5.74, 6) is 0.839. The van der Waals surface area contributed by atoms with Gasteiger partial charge in [-0.25, -0.2) is 0 Å². The van der Waals surface area contributed by atoms with E-state index in [4.69, 9.17) is 0 Å². The van der Waals surface area contributed by atoms with Crippen molar-refractivity contribution in [2.45, 2.75) is 45.6 Å². The van der Waals surface area contributed by atoms with Gasteiger partial charge in [-0.3, -0.25) is 0 Å². The Morgan fingerprint density at radius 2 is 1.82 bits per heavy atom. The maximum Gasteiger partial charge on any atom is 0.0371 e. The van der Waals surface area contributed by atoms with Crippen molar-refractivity contribution in [1.29, 1.82) is 0 Å². The summed E-state index contributed by atoms with van der Waals surface area (Å²) >= 11 is 0. The molecular formula is C19H31N3. The van der Waals surface area contributed by atoms with Crippen molar-refractivity contribution in [3.8, 4) is 0 Å². The van der Waals surface area contributed by atoms with E-state index in [0.29, 0.717) is 6.04 Å². The Labute approximate surface area is 135 Å². The van der Waals surface area contributed by atoms with E-state index in [0.717, 1.165) is 5.92 Å². The molecular weight excluding hydrogens is 270 g/mol. The van der Waals surface area contributed by atoms with Gasteiger partial charge in [0.05, 0.1) is 0 Å². The fourth-order valence-electron chi connectivity index (χ4n) is 3.91. The molecule has 3 nitrogen and oxygen atoms in total. The van der Waals surface area contributed by atoms with Crippen LogP contribution < -0.4 is 15.5 Å². The lowest BCUT2D eigenvalue weighted by molar-refractivity contribution is 0.324. The SMILES string of the molecule is Cc1cc(C)cc(N2CCC(NC[C@H]3CCCNC3)CC2)c1. The molecule has 0 saturated carbocycles. The van der Waals surface area contributed by atoms with Crippen LogP contribution in [0.2, 0.25) is 0 Å². The maximum absolute atomic E-state index is 3.82. The summed E-state index contributed by atoms with van der Waals surface area (Å²) in [6.45, 7) is 10.4. The first-order valence-corrected chi connectivity index (χ1v) is 8.98. The van der Waals surface area contributed by atoms with Crippen LogP contribution in [0.3, 0.4) is 0 Å². The second kappa shape index (κ2) is 7.47. The van der Waals surface area contributed by atoms with E-state index in [1.807, 2.05) is 0 Å². The molecule has 2 N–H and O–H groups in total. The lowest BCUT2D eigenvalue weighted by Gasteiger charge is -2.35. The van der Waals surface area contributed by atoms with Gasteiger partial charge < -0.3 is 15.5 Å². The molecule has 22 heavy (non-hydrogen) atoms. The van der Waals surface area contributed by atoms with Gasteiger partial charge in [-0.2, -0.15) is 0 Å². The van der Waals surface area contributed by atoms with Crippen LogP contribution >= 0.6 is 0 Å². The topological polar surface area (TPSA) is 27.3 Å². The molecule has 1 aromatic carbocycles. The number of nitrogens with zero attached hydrogens (tertiary/aromatic N) is 1. The number of hydrogen-bond acceptors (Lipinski definition) is 3. The van der Waals surface area contributed by atoms with Crippen LogP contribution in [-0.4, -0.2) is 38.8 Å². The van der Waals surface area contributed by atoms with Crippen LogP contribution in [0.5, 0.6) is 0 Å². The second-order valence-corrected chi connectivity index (χ2v) is 7.23. The summed E-state index contributed by atoms with van der Waals surface area (Å²) in [4.78, 5) is 2.56. The second-order valence-electron chi connectivity index (χ2n) is 7.23. The molecule has 2 aliphatic rings. The van der Waals surface area contributed by atoms with E-state index >= 15 is 0 Å². The molecule has 0 bridgehead atoms. The number of anilines is 1. The van der Waals surface area contributed by atoms with Crippen LogP contribution in [0.4, 0.5) is 5.69 Å². The molecule has 2 saturated heterocycles. The highest BCUT2D eigenvalue weighted by molar-refractivity contribution is 5.51. The Balaban J connectivity index is 1.45. The van der Waals surface area contributed by atoms with Crippen molar-refractivity contribution in [1.82, 2.24) is 10.6 Å². The van der Waals surface area contributed by atoms with E-state index in [2.05, 4.69) is 47.6 Å². The number of hydrogen-bond donors (Lipinski definition) is 2. The van der Waals surface area contributed by atoms with Crippen molar-refractivity contribution in [2.24, 2.45) is 5.92 Å². The van der Waals surface area contributed by atoms with E-state index < -0.39 is 0 Å². The predicted molar refractivity (Wildman–Crippen MR) is 94.7 cm³/mol. The monoisotopic (exact) mass is 301 g/mol. The molecule has 2 aliphatic heterocycles. The van der Waals surface area contributed by atoms with Gasteiger partial charge in [0.2, 0.25) is 0 Å². The zero-order valence-corrected chi connectivity index (χ0v) is 14.2. The molecule has 122 valence electrons. The zero-order valence-electron chi connectivity index (χ0n) is 14.2. The molecule has 2 heterocycles. The Hall–Kier alpha value is -1.06. The fraction of sp³-hybridized carbons (Fsp3) is 0.684. The third kappa shape index (κ3) is 4.23. The first kappa shape index (κ1) is 15.8. The molecule has 0 radical (unpaired) electrons. The van der Waals surface area contributed by atoms with Gasteiger partial charge in [-0.15, -0.1) is 0 Å². The van der Waals surface area contributed by atoms with Gasteiger partial charge in [0.25, 0.3) is 0 Å². The Morgan fingerprint density at radius 1 is 1.09 bits per heavy atom. The maximum atomic E-state index is 3.82. The Kier molecular flexibility index (Phi) is 5.37. The van der Waals surface area contributed by atoms with Gasteiger partial charge in [0.15, 0.2) is 0 Å². The fourth-order valence-corrected chi connectivity index (χ4v) is 3.91. The zero-order chi connectivity index (χ0) is 15.4. The summed E-state index contributed by atoms with van der Waals surface area (Å²) in [5, 5.41) is 7.33. The first-order chi connectivity index (χ1) is 10.7. The van der Waals surface area contributed by atoms with Gasteiger partial charge >= 0.3 is 0 Å². The molecule has 1 atom stereocenters. The van der Waals surface area contributed by atoms with Gasteiger partial charge in [-0.05, 0) is 88.3 Å². The van der Waals surface area contributed by atoms with Crippen LogP contribution in [0, 0.1) is 19.8 Å². The van der Waals surface area contributed by atoms with Crippen molar-refractivity contribution >= 4 is 5.69 Å². The van der Waals surface area contributed by atoms with Crippen LogP contribution in [-0.2, 0) is 0 Å². The summed E-state index contributed by atoms with van der Waals surface area (Å²) < 4.78 is 0. The van der Waals surface area contributed by atoms with Crippen LogP contribution in [0.1, 0.15) is 36.8 Å². The summed E-state index contributed by atoms with van der Waals surface area (Å²) in [5.41, 5.74) is 4.16. The minimum Gasteiger partial charge on any atom is -0.371 e. The lowest BCUT2D eigenvalue weighted by Crippen LogP contribution is -2.45. The highest BCUT2D eigenvalue weighted by Crippen LogP contribution is 2.23. The van der Waals surface area contributed by atoms with Gasteiger partial charge in [0, 0.05) is 24.8 Å². The summed E-state index contributed by atoms with van der Waals surface area (Å²) in [6, 6.07) is 7.63. The summed E-state index contributed by atoms with van der Waals surface area (Å²) in [7, 11) is 0. The molecule has 0 aromatic heterocycles. The van der Waals surface area contributed by atoms with Crippen molar-refractivity contribution in [3.05, 3.63) is 29.3 Å². The predicted octanol–water partition coefficient (Wildman–Crippen LogP) is 2.86. The number of benzene rings is 1. The average molecular weight is 301 g/mol. The number of piperidine rings is 2. The van der Waals surface area contributed by atoms with Gasteiger partial charge in [0.1, 0.15) is 0 Å². The number of rotatable bonds is 4. The molecule has 3 rings (SSSR count). The third-order valence-corrected chi connectivity index (χ3v) is 5.16. The molecule has 0 spiro atoms. The normalized spacial score (nSPS) is 23.7. The lowest BCUT2D eigenvalue weighted by atomic mass is 9.98. The molecule has 2 fully saturated rings. The van der Waals surface area contributed by atoms with Crippen molar-refractivity contribution in [2.75, 3.05) is 37.6 Å². The number of aryl methyl sites for hydroxylation is 2. The quantitative estimate of drug-likeness (QED) is 0.895. The van der Waals surface area contributed by atoms with Crippen molar-refractivity contribution < 1.29 is 0 Å². The minimum atomic E-state index is 0.712. The molecule has 0 unspecified atom stereocenters. The summed E-state index contributed by atoms with van der Waals surface area (Å²) in [6.07, 6.45) is 5.28. The van der Waals surface area contributed by atoms with Crippen molar-refractivity contribution in [3.63, 3.8) is 0 Å². The van der Waals surface area contributed by atoms with Crippen LogP contribution in [0.25, 0.3) is 0 Å². The molecule has 0 aliphatic carbocycles. The van der Waals surface area contributed by atoms with E-state index in [1.165, 1.54) is 75.2 Å². The van der Waals surface area contributed by atoms with E-state index in [1.54, 1.807) is 0 Å². The van der Waals surface area contributed by atoms with Crippen LogP contribution in [0.15, 0.2) is 18.2 Å². The smallest absolute Gasteiger partial charge is 0.0371 e. The first-order valence-electron chi connectivity index (χ1n) is 8.98. The van der Waals surface area contributed by atoms with E-state index in [9.17, 15) is 0 Å². The molecule has 1 aromatic rings. The molecule has 0 amide bonds. The highest BCUT2D eigenvalue weighted by atomic mass is 15.1. The highest BCUT2D eigenvalue weighted by Gasteiger charge is 2.21. The number of nitrogens with one attached hydrogen (secondary N) is 2. The minimum absolute atomic E-state index is 0.712. The average Bonchev–Trinajstić information content (AvgIpc) is 2.53. The van der Waals surface area contributed by atoms with E-state index in [-0.39, 0.29) is 0 Å². The molecule has 3 heteroatoms. The largest absolute Gasteiger partial charge is 0.371 e. The van der Waals surface area contributed by atoms with Gasteiger partial charge in [-0.1, -0.05) is 6.07 Å². The third-order valence-electron chi connectivity index (χ3n) is 5.16. The Morgan fingerprint density at radius 3 is 2.45 bits per heavy atom.